The smallest absolute Gasteiger partial charge is 0.163 e. The number of nitrogens with two attached hydrogens (primary N) is 1. The molecule has 3 N–H and O–H groups in total. The number of hydrogen-bond acceptors (Lipinski definition) is 0. The van der Waals surface area contributed by atoms with E-state index in [-0.39, 0.29) is 0 Å². The van der Waals surface area contributed by atoms with Crippen LogP contribution in [0, 0.1) is 0 Å². The molecular weight excluding hydrogens is 184 g/mol. The molecule has 2 aliphatic heterocycles. The molecule has 0 spiro atoms. The zero-order valence-electron chi connectivity index (χ0n) is 9.21. The van der Waals surface area contributed by atoms with Crippen LogP contribution in [0.5, 0.6) is 0 Å². The summed E-state index contributed by atoms with van der Waals surface area (Å²) in [6.07, 6.45) is 2.85. The third-order valence-electron chi connectivity index (χ3n) is 3.94. The predicted octanol–water partition coefficient (Wildman–Crippen LogP) is -0.517. The Morgan fingerprint density at radius 1 is 1.13 bits per heavy atom. The van der Waals surface area contributed by atoms with Gasteiger partial charge < -0.3 is 10.2 Å². The zero-order chi connectivity index (χ0) is 10.1. The van der Waals surface area contributed by atoms with Crippen LogP contribution in [0.25, 0.3) is 0 Å². The van der Waals surface area contributed by atoms with Crippen LogP contribution in [0.15, 0.2) is 24.3 Å². The van der Waals surface area contributed by atoms with Crippen molar-refractivity contribution >= 4 is 0 Å². The van der Waals surface area contributed by atoms with E-state index >= 15 is 0 Å². The second-order valence-corrected chi connectivity index (χ2v) is 4.85. The van der Waals surface area contributed by atoms with E-state index in [1.807, 2.05) is 4.90 Å². The van der Waals surface area contributed by atoms with Gasteiger partial charge in [0.1, 0.15) is 13.1 Å². The molecule has 1 aromatic carbocycles. The lowest BCUT2D eigenvalue weighted by Gasteiger charge is -2.28. The van der Waals surface area contributed by atoms with Gasteiger partial charge in [0.15, 0.2) is 6.04 Å². The molecule has 1 fully saturated rings. The van der Waals surface area contributed by atoms with E-state index in [4.69, 9.17) is 0 Å². The van der Waals surface area contributed by atoms with E-state index in [0.717, 1.165) is 6.04 Å². The molecule has 2 heterocycles. The molecule has 0 unspecified atom stereocenters. The minimum absolute atomic E-state index is 0.762. The van der Waals surface area contributed by atoms with E-state index in [9.17, 15) is 0 Å². The van der Waals surface area contributed by atoms with Crippen molar-refractivity contribution in [1.29, 1.82) is 0 Å². The molecule has 3 rings (SSSR count). The van der Waals surface area contributed by atoms with Gasteiger partial charge >= 0.3 is 0 Å². The highest BCUT2D eigenvalue weighted by Gasteiger charge is 2.32. The Morgan fingerprint density at radius 2 is 1.93 bits per heavy atom. The number of quaternary nitrogens is 2. The van der Waals surface area contributed by atoms with Gasteiger partial charge in [0.05, 0.1) is 13.1 Å². The summed E-state index contributed by atoms with van der Waals surface area (Å²) in [4.78, 5) is 1.82. The molecule has 0 bridgehead atoms. The van der Waals surface area contributed by atoms with Gasteiger partial charge in [-0.1, -0.05) is 24.3 Å². The molecule has 2 aliphatic rings. The van der Waals surface area contributed by atoms with Crippen LogP contribution in [0.1, 0.15) is 30.0 Å². The fraction of sp³-hybridized carbons (Fsp3) is 0.538. The van der Waals surface area contributed by atoms with Crippen LogP contribution in [-0.2, 0) is 6.54 Å². The van der Waals surface area contributed by atoms with Crippen LogP contribution < -0.4 is 10.2 Å². The maximum atomic E-state index is 2.47. The van der Waals surface area contributed by atoms with Crippen molar-refractivity contribution in [2.75, 3.05) is 19.6 Å². The third kappa shape index (κ3) is 1.68. The Labute approximate surface area is 91.3 Å². The van der Waals surface area contributed by atoms with Crippen LogP contribution in [0.2, 0.25) is 0 Å². The SMILES string of the molecule is c1ccc2c(c1)C[NH2+]C[C@@H]2[NH+]1CCCC1. The highest BCUT2D eigenvalue weighted by molar-refractivity contribution is 5.29. The van der Waals surface area contributed by atoms with Crippen LogP contribution in [0.4, 0.5) is 0 Å². The minimum Gasteiger partial charge on any atom is -0.337 e. The van der Waals surface area contributed by atoms with Crippen molar-refractivity contribution in [3.63, 3.8) is 0 Å². The minimum atomic E-state index is 0.762. The quantitative estimate of drug-likeness (QED) is 0.614. The van der Waals surface area contributed by atoms with Gasteiger partial charge in [-0.25, -0.2) is 0 Å². The van der Waals surface area contributed by atoms with Gasteiger partial charge in [-0.15, -0.1) is 0 Å². The third-order valence-corrected chi connectivity index (χ3v) is 3.94. The first kappa shape index (κ1) is 9.37. The fourth-order valence-electron chi connectivity index (χ4n) is 3.16. The van der Waals surface area contributed by atoms with Crippen molar-refractivity contribution in [3.8, 4) is 0 Å². The molecule has 1 atom stereocenters. The maximum Gasteiger partial charge on any atom is 0.163 e. The highest BCUT2D eigenvalue weighted by Crippen LogP contribution is 2.17. The number of hydrogen-bond donors (Lipinski definition) is 2. The normalized spacial score (nSPS) is 26.5. The largest absolute Gasteiger partial charge is 0.337 e. The molecule has 1 saturated heterocycles. The standard InChI is InChI=1S/C13H18N2/c1-2-6-12-11(5-1)9-14-10-13(12)15-7-3-4-8-15/h1-2,5-6,13-14H,3-4,7-10H2/p+2/t13-/m0/s1. The van der Waals surface area contributed by atoms with Gasteiger partial charge in [0.25, 0.3) is 0 Å². The van der Waals surface area contributed by atoms with Gasteiger partial charge in [0, 0.05) is 24.0 Å². The Kier molecular flexibility index (Phi) is 2.47. The summed E-state index contributed by atoms with van der Waals surface area (Å²) in [6.45, 7) is 5.23. The lowest BCUT2D eigenvalue weighted by molar-refractivity contribution is -0.937. The Hall–Kier alpha value is -0.860. The fourth-order valence-corrected chi connectivity index (χ4v) is 3.16. The molecule has 2 nitrogen and oxygen atoms in total. The molecular formula is C13H20N2+2. The Morgan fingerprint density at radius 3 is 2.80 bits per heavy atom. The van der Waals surface area contributed by atoms with E-state index in [1.54, 1.807) is 11.1 Å². The number of nitrogens with one attached hydrogen (secondary N) is 1. The maximum absolute atomic E-state index is 2.47. The topological polar surface area (TPSA) is 21.1 Å². The second-order valence-electron chi connectivity index (χ2n) is 4.85. The van der Waals surface area contributed by atoms with Gasteiger partial charge in [-0.2, -0.15) is 0 Å². The van der Waals surface area contributed by atoms with Crippen LogP contribution in [-0.4, -0.2) is 19.6 Å². The first-order valence-electron chi connectivity index (χ1n) is 6.19. The van der Waals surface area contributed by atoms with E-state index in [2.05, 4.69) is 29.6 Å². The molecule has 0 radical (unpaired) electrons. The first-order valence-corrected chi connectivity index (χ1v) is 6.19. The summed E-state index contributed by atoms with van der Waals surface area (Å²) in [5.41, 5.74) is 3.19. The molecule has 0 saturated carbocycles. The number of likely N-dealkylation sites (tertiary alicyclic amines) is 1. The summed E-state index contributed by atoms with van der Waals surface area (Å²) >= 11 is 0. The summed E-state index contributed by atoms with van der Waals surface area (Å²) in [5.74, 6) is 0. The van der Waals surface area contributed by atoms with Crippen LogP contribution in [0.3, 0.4) is 0 Å². The Balaban J connectivity index is 1.91. The first-order chi connectivity index (χ1) is 7.45. The Bertz CT molecular complexity index is 342. The van der Waals surface area contributed by atoms with Crippen LogP contribution >= 0.6 is 0 Å². The van der Waals surface area contributed by atoms with E-state index in [1.165, 1.54) is 39.0 Å². The van der Waals surface area contributed by atoms with Crippen molar-refractivity contribution in [2.24, 2.45) is 0 Å². The molecule has 15 heavy (non-hydrogen) atoms. The summed E-state index contributed by atoms with van der Waals surface area (Å²) < 4.78 is 0. The predicted molar refractivity (Wildman–Crippen MR) is 59.6 cm³/mol. The van der Waals surface area contributed by atoms with E-state index in [0.29, 0.717) is 0 Å². The molecule has 80 valence electrons. The summed E-state index contributed by atoms with van der Waals surface area (Å²) in [6, 6.07) is 9.78. The lowest BCUT2D eigenvalue weighted by atomic mass is 9.96. The lowest BCUT2D eigenvalue weighted by Crippen LogP contribution is -3.13. The molecule has 0 aliphatic carbocycles. The number of benzene rings is 1. The van der Waals surface area contributed by atoms with Crippen molar-refractivity contribution in [3.05, 3.63) is 35.4 Å². The molecule has 2 heteroatoms. The van der Waals surface area contributed by atoms with Crippen molar-refractivity contribution in [1.82, 2.24) is 0 Å². The highest BCUT2D eigenvalue weighted by atomic mass is 15.2. The summed E-state index contributed by atoms with van der Waals surface area (Å²) in [5, 5.41) is 2.47. The monoisotopic (exact) mass is 204 g/mol. The van der Waals surface area contributed by atoms with Crippen molar-refractivity contribution < 1.29 is 10.2 Å². The van der Waals surface area contributed by atoms with Gasteiger partial charge in [-0.3, -0.25) is 0 Å². The average molecular weight is 204 g/mol. The zero-order valence-corrected chi connectivity index (χ0v) is 9.21. The molecule has 1 aromatic rings. The molecule has 0 aromatic heterocycles. The molecule has 0 amide bonds. The number of rotatable bonds is 1. The second kappa shape index (κ2) is 3.95. The van der Waals surface area contributed by atoms with E-state index < -0.39 is 0 Å². The van der Waals surface area contributed by atoms with Gasteiger partial charge in [0.2, 0.25) is 0 Å². The van der Waals surface area contributed by atoms with Gasteiger partial charge in [-0.05, 0) is 0 Å². The summed E-state index contributed by atoms with van der Waals surface area (Å²) in [7, 11) is 0. The average Bonchev–Trinajstić information content (AvgIpc) is 2.82. The van der Waals surface area contributed by atoms with Crippen molar-refractivity contribution in [2.45, 2.75) is 25.4 Å². The number of fused-ring (bicyclic) bond motifs is 1.